The zero-order valence-electron chi connectivity index (χ0n) is 16.1. The van der Waals surface area contributed by atoms with Gasteiger partial charge in [-0.25, -0.2) is 4.68 Å². The smallest absolute Gasteiger partial charge is 0.157 e. The highest BCUT2D eigenvalue weighted by atomic mass is 16.5. The molecule has 0 fully saturated rings. The molecular weight excluding hydrogens is 350 g/mol. The maximum atomic E-state index is 5.50. The number of aromatic nitrogens is 2. The molecule has 0 aliphatic heterocycles. The van der Waals surface area contributed by atoms with Gasteiger partial charge in [-0.2, -0.15) is 5.10 Å². The predicted molar refractivity (Wildman–Crippen MR) is 109 cm³/mol. The molecule has 1 N–H and O–H groups in total. The average molecular weight is 374 g/mol. The second-order valence-corrected chi connectivity index (χ2v) is 6.90. The van der Waals surface area contributed by atoms with Crippen molar-refractivity contribution in [1.29, 1.82) is 0 Å². The van der Waals surface area contributed by atoms with Gasteiger partial charge in [0.1, 0.15) is 24.5 Å². The molecular formula is C23H24N3O2+. The average Bonchev–Trinajstić information content (AvgIpc) is 3.39. The van der Waals surface area contributed by atoms with Crippen LogP contribution < -0.4 is 9.64 Å². The number of nitrogens with one attached hydrogen (secondary N) is 1. The van der Waals surface area contributed by atoms with E-state index in [1.807, 2.05) is 47.1 Å². The van der Waals surface area contributed by atoms with E-state index in [0.29, 0.717) is 0 Å². The number of quaternary nitrogens is 1. The zero-order valence-corrected chi connectivity index (χ0v) is 16.1. The maximum Gasteiger partial charge on any atom is 0.157 e. The number of furan rings is 1. The van der Waals surface area contributed by atoms with Crippen molar-refractivity contribution in [3.05, 3.63) is 90.5 Å². The van der Waals surface area contributed by atoms with E-state index in [4.69, 9.17) is 14.3 Å². The first-order valence-corrected chi connectivity index (χ1v) is 9.35. The minimum Gasteiger partial charge on any atom is -0.497 e. The molecule has 0 bridgehead atoms. The molecule has 4 rings (SSSR count). The molecule has 28 heavy (non-hydrogen) atoms. The number of nitrogens with zero attached hydrogens (tertiary/aromatic N) is 2. The van der Waals surface area contributed by atoms with Gasteiger partial charge < -0.3 is 14.1 Å². The van der Waals surface area contributed by atoms with Crippen LogP contribution >= 0.6 is 0 Å². The van der Waals surface area contributed by atoms with Crippen molar-refractivity contribution in [3.8, 4) is 22.7 Å². The lowest BCUT2D eigenvalue weighted by Gasteiger charge is -2.12. The molecule has 142 valence electrons. The fraction of sp³-hybridized carbons (Fsp3) is 0.174. The summed E-state index contributed by atoms with van der Waals surface area (Å²) >= 11 is 0. The lowest BCUT2D eigenvalue weighted by atomic mass is 10.1. The first-order chi connectivity index (χ1) is 13.7. The quantitative estimate of drug-likeness (QED) is 0.540. The topological polar surface area (TPSA) is 44.6 Å². The highest BCUT2D eigenvalue weighted by molar-refractivity contribution is 5.64. The van der Waals surface area contributed by atoms with Crippen molar-refractivity contribution in [2.75, 3.05) is 14.2 Å². The van der Waals surface area contributed by atoms with Gasteiger partial charge in [0, 0.05) is 11.8 Å². The van der Waals surface area contributed by atoms with Gasteiger partial charge in [-0.15, -0.1) is 0 Å². The molecule has 0 radical (unpaired) electrons. The Morgan fingerprint density at radius 2 is 1.75 bits per heavy atom. The molecule has 0 aliphatic carbocycles. The Hall–Kier alpha value is -3.31. The van der Waals surface area contributed by atoms with E-state index in [1.54, 1.807) is 13.4 Å². The minimum absolute atomic E-state index is 0.825. The van der Waals surface area contributed by atoms with Crippen molar-refractivity contribution in [3.63, 3.8) is 0 Å². The minimum atomic E-state index is 0.825. The number of hydrogen-bond donors (Lipinski definition) is 1. The van der Waals surface area contributed by atoms with Gasteiger partial charge in [-0.3, -0.25) is 0 Å². The molecule has 0 saturated heterocycles. The van der Waals surface area contributed by atoms with E-state index in [2.05, 4.69) is 37.5 Å². The Morgan fingerprint density at radius 1 is 0.964 bits per heavy atom. The van der Waals surface area contributed by atoms with Crippen LogP contribution in [0.4, 0.5) is 0 Å². The van der Waals surface area contributed by atoms with Crippen molar-refractivity contribution in [2.24, 2.45) is 0 Å². The third-order valence-corrected chi connectivity index (χ3v) is 4.72. The molecule has 5 nitrogen and oxygen atoms in total. The standard InChI is InChI=1S/C23H23N3O2/c1-25(17-22-9-6-14-28-22)15-19-16-26(20-7-4-3-5-8-20)24-23(19)18-10-12-21(27-2)13-11-18/h3-14,16H,15,17H2,1-2H3/p+1. The number of ether oxygens (including phenoxy) is 1. The highest BCUT2D eigenvalue weighted by Crippen LogP contribution is 2.25. The molecule has 2 aromatic carbocycles. The highest BCUT2D eigenvalue weighted by Gasteiger charge is 2.17. The summed E-state index contributed by atoms with van der Waals surface area (Å²) in [7, 11) is 3.84. The predicted octanol–water partition coefficient (Wildman–Crippen LogP) is 3.36. The SMILES string of the molecule is COc1ccc(-c2nn(-c3ccccc3)cc2C[NH+](C)Cc2ccco2)cc1. The largest absolute Gasteiger partial charge is 0.497 e. The van der Waals surface area contributed by atoms with Gasteiger partial charge in [0.15, 0.2) is 5.76 Å². The summed E-state index contributed by atoms with van der Waals surface area (Å²) in [6.45, 7) is 1.67. The van der Waals surface area contributed by atoms with E-state index in [-0.39, 0.29) is 0 Å². The van der Waals surface area contributed by atoms with Crippen molar-refractivity contribution < 1.29 is 14.1 Å². The zero-order chi connectivity index (χ0) is 19.3. The van der Waals surface area contributed by atoms with E-state index < -0.39 is 0 Å². The molecule has 1 atom stereocenters. The normalized spacial score (nSPS) is 12.1. The molecule has 2 heterocycles. The van der Waals surface area contributed by atoms with Crippen molar-refractivity contribution in [2.45, 2.75) is 13.1 Å². The van der Waals surface area contributed by atoms with Crippen molar-refractivity contribution in [1.82, 2.24) is 9.78 Å². The summed E-state index contributed by atoms with van der Waals surface area (Å²) in [5, 5.41) is 4.90. The van der Waals surface area contributed by atoms with Gasteiger partial charge in [-0.05, 0) is 48.5 Å². The summed E-state index contributed by atoms with van der Waals surface area (Å²) in [4.78, 5) is 1.33. The second-order valence-electron chi connectivity index (χ2n) is 6.90. The molecule has 5 heteroatoms. The van der Waals surface area contributed by atoms with Crippen LogP contribution in [0, 0.1) is 0 Å². The van der Waals surface area contributed by atoms with Crippen molar-refractivity contribution >= 4 is 0 Å². The van der Waals surface area contributed by atoms with Crippen LogP contribution in [0.15, 0.2) is 83.6 Å². The second kappa shape index (κ2) is 8.15. The summed E-state index contributed by atoms with van der Waals surface area (Å²) < 4.78 is 12.7. The summed E-state index contributed by atoms with van der Waals surface area (Å²) in [5.41, 5.74) is 4.31. The van der Waals surface area contributed by atoms with Gasteiger partial charge in [-0.1, -0.05) is 18.2 Å². The van der Waals surface area contributed by atoms with E-state index >= 15 is 0 Å². The molecule has 0 amide bonds. The number of benzene rings is 2. The number of methoxy groups -OCH3 is 1. The Bertz CT molecular complexity index is 1010. The molecule has 0 spiro atoms. The molecule has 0 aliphatic rings. The van der Waals surface area contributed by atoms with Crippen LogP contribution in [-0.4, -0.2) is 23.9 Å². The number of para-hydroxylation sites is 1. The molecule has 1 unspecified atom stereocenters. The fourth-order valence-electron chi connectivity index (χ4n) is 3.34. The van der Waals surface area contributed by atoms with Crippen LogP contribution in [0.2, 0.25) is 0 Å². The number of hydrogen-bond acceptors (Lipinski definition) is 3. The van der Waals surface area contributed by atoms with Crippen LogP contribution in [0.3, 0.4) is 0 Å². The first-order valence-electron chi connectivity index (χ1n) is 9.35. The van der Waals surface area contributed by atoms with E-state index in [0.717, 1.165) is 41.5 Å². The molecule has 4 aromatic rings. The van der Waals surface area contributed by atoms with Gasteiger partial charge in [0.2, 0.25) is 0 Å². The fourth-order valence-corrected chi connectivity index (χ4v) is 3.34. The molecule has 0 saturated carbocycles. The van der Waals surface area contributed by atoms with Crippen LogP contribution in [0.1, 0.15) is 11.3 Å². The Balaban J connectivity index is 1.66. The van der Waals surface area contributed by atoms with Crippen LogP contribution in [0.25, 0.3) is 16.9 Å². The third-order valence-electron chi connectivity index (χ3n) is 4.72. The van der Waals surface area contributed by atoms with Gasteiger partial charge >= 0.3 is 0 Å². The lowest BCUT2D eigenvalue weighted by molar-refractivity contribution is -0.908. The van der Waals surface area contributed by atoms with Gasteiger partial charge in [0.05, 0.1) is 31.7 Å². The van der Waals surface area contributed by atoms with Crippen LogP contribution in [0.5, 0.6) is 5.75 Å². The number of rotatable bonds is 7. The lowest BCUT2D eigenvalue weighted by Crippen LogP contribution is -3.06. The first kappa shape index (κ1) is 18.1. The van der Waals surface area contributed by atoms with Gasteiger partial charge in [0.25, 0.3) is 0 Å². The Kier molecular flexibility index (Phi) is 5.26. The maximum absolute atomic E-state index is 5.50. The molecule has 2 aromatic heterocycles. The summed E-state index contributed by atoms with van der Waals surface area (Å²) in [6.07, 6.45) is 3.85. The van der Waals surface area contributed by atoms with E-state index in [1.165, 1.54) is 10.5 Å². The van der Waals surface area contributed by atoms with E-state index in [9.17, 15) is 0 Å². The Labute approximate surface area is 164 Å². The summed E-state index contributed by atoms with van der Waals surface area (Å²) in [5.74, 6) is 1.83. The van der Waals surface area contributed by atoms with Crippen LogP contribution in [-0.2, 0) is 13.1 Å². The third kappa shape index (κ3) is 4.00. The Morgan fingerprint density at radius 3 is 2.43 bits per heavy atom. The summed E-state index contributed by atoms with van der Waals surface area (Å²) in [6, 6.07) is 22.2. The monoisotopic (exact) mass is 374 g/mol.